The van der Waals surface area contributed by atoms with Crippen LogP contribution in [0.2, 0.25) is 0 Å². The lowest BCUT2D eigenvalue weighted by molar-refractivity contribution is -0.117. The van der Waals surface area contributed by atoms with E-state index < -0.39 is 0 Å². The largest absolute Gasteiger partial charge is 0.301 e. The average Bonchev–Trinajstić information content (AvgIpc) is 3.10. The Hall–Kier alpha value is -2.46. The van der Waals surface area contributed by atoms with Gasteiger partial charge in [-0.15, -0.1) is 11.3 Å². The normalized spacial score (nSPS) is 12.2. The SMILES string of the molecule is Cc1ccc(Cc2cnc(NC(=O)[C@@H](C)c3ccc(CC(C)C)cc3)s2)cc1. The zero-order valence-electron chi connectivity index (χ0n) is 17.0. The zero-order chi connectivity index (χ0) is 20.1. The molecule has 1 N–H and O–H groups in total. The lowest BCUT2D eigenvalue weighted by Crippen LogP contribution is -2.18. The predicted molar refractivity (Wildman–Crippen MR) is 118 cm³/mol. The first-order valence-corrected chi connectivity index (χ1v) is 10.6. The smallest absolute Gasteiger partial charge is 0.233 e. The number of nitrogens with one attached hydrogen (secondary N) is 1. The highest BCUT2D eigenvalue weighted by Crippen LogP contribution is 2.24. The molecule has 1 atom stereocenters. The molecule has 0 unspecified atom stereocenters. The first-order chi connectivity index (χ1) is 13.4. The Morgan fingerprint density at radius 1 is 1.00 bits per heavy atom. The average molecular weight is 393 g/mol. The lowest BCUT2D eigenvalue weighted by atomic mass is 9.96. The Morgan fingerprint density at radius 3 is 2.29 bits per heavy atom. The molecule has 0 bridgehead atoms. The van der Waals surface area contributed by atoms with Crippen molar-refractivity contribution in [2.45, 2.75) is 46.5 Å². The zero-order valence-corrected chi connectivity index (χ0v) is 17.8. The van der Waals surface area contributed by atoms with Crippen molar-refractivity contribution >= 4 is 22.4 Å². The summed E-state index contributed by atoms with van der Waals surface area (Å²) in [7, 11) is 0. The van der Waals surface area contributed by atoms with Crippen molar-refractivity contribution in [3.8, 4) is 0 Å². The minimum absolute atomic E-state index is 0.0205. The minimum Gasteiger partial charge on any atom is -0.301 e. The molecule has 0 aliphatic carbocycles. The van der Waals surface area contributed by atoms with Gasteiger partial charge in [0.05, 0.1) is 5.92 Å². The van der Waals surface area contributed by atoms with E-state index in [0.717, 1.165) is 23.3 Å². The molecule has 0 fully saturated rings. The van der Waals surface area contributed by atoms with Gasteiger partial charge in [0.15, 0.2) is 5.13 Å². The van der Waals surface area contributed by atoms with E-state index in [1.165, 1.54) is 28.0 Å². The van der Waals surface area contributed by atoms with Gasteiger partial charge in [-0.2, -0.15) is 0 Å². The summed E-state index contributed by atoms with van der Waals surface area (Å²) in [5, 5.41) is 3.63. The van der Waals surface area contributed by atoms with Crippen LogP contribution in [0, 0.1) is 12.8 Å². The number of hydrogen-bond donors (Lipinski definition) is 1. The van der Waals surface area contributed by atoms with Crippen LogP contribution in [0.3, 0.4) is 0 Å². The number of aryl methyl sites for hydroxylation is 1. The Labute approximate surface area is 171 Å². The Balaban J connectivity index is 1.59. The number of carbonyl (C=O) groups excluding carboxylic acids is 1. The number of aromatic nitrogens is 1. The molecule has 0 saturated carbocycles. The van der Waals surface area contributed by atoms with Crippen molar-refractivity contribution in [3.05, 3.63) is 81.9 Å². The van der Waals surface area contributed by atoms with Gasteiger partial charge in [0.25, 0.3) is 0 Å². The second-order valence-corrected chi connectivity index (χ2v) is 8.96. The molecule has 3 nitrogen and oxygen atoms in total. The van der Waals surface area contributed by atoms with Gasteiger partial charge in [-0.05, 0) is 42.9 Å². The molecule has 1 aromatic heterocycles. The van der Waals surface area contributed by atoms with Crippen LogP contribution < -0.4 is 5.32 Å². The van der Waals surface area contributed by atoms with E-state index in [-0.39, 0.29) is 11.8 Å². The van der Waals surface area contributed by atoms with Crippen LogP contribution >= 0.6 is 11.3 Å². The lowest BCUT2D eigenvalue weighted by Gasteiger charge is -2.12. The van der Waals surface area contributed by atoms with Gasteiger partial charge >= 0.3 is 0 Å². The molecule has 146 valence electrons. The van der Waals surface area contributed by atoms with E-state index in [4.69, 9.17) is 0 Å². The Kier molecular flexibility index (Phi) is 6.63. The molecule has 1 heterocycles. The summed E-state index contributed by atoms with van der Waals surface area (Å²) < 4.78 is 0. The number of hydrogen-bond acceptors (Lipinski definition) is 3. The van der Waals surface area contributed by atoms with Crippen LogP contribution in [-0.2, 0) is 17.6 Å². The molecule has 0 spiro atoms. The van der Waals surface area contributed by atoms with Crippen LogP contribution in [-0.4, -0.2) is 10.9 Å². The fraction of sp³-hybridized carbons (Fsp3) is 0.333. The molecule has 2 aromatic carbocycles. The maximum absolute atomic E-state index is 12.6. The fourth-order valence-corrected chi connectivity index (χ4v) is 3.98. The monoisotopic (exact) mass is 392 g/mol. The molecule has 0 aliphatic rings. The van der Waals surface area contributed by atoms with Gasteiger partial charge in [-0.25, -0.2) is 4.98 Å². The van der Waals surface area contributed by atoms with Gasteiger partial charge in [-0.3, -0.25) is 4.79 Å². The van der Waals surface area contributed by atoms with E-state index in [1.807, 2.05) is 13.1 Å². The van der Waals surface area contributed by atoms with Gasteiger partial charge in [0.2, 0.25) is 5.91 Å². The van der Waals surface area contributed by atoms with Gasteiger partial charge < -0.3 is 5.32 Å². The van der Waals surface area contributed by atoms with Crippen molar-refractivity contribution < 1.29 is 4.79 Å². The van der Waals surface area contributed by atoms with Crippen molar-refractivity contribution in [1.82, 2.24) is 4.98 Å². The first kappa shape index (κ1) is 20.3. The number of benzene rings is 2. The maximum atomic E-state index is 12.6. The summed E-state index contributed by atoms with van der Waals surface area (Å²) in [6.07, 6.45) is 3.75. The van der Waals surface area contributed by atoms with E-state index in [0.29, 0.717) is 11.0 Å². The molecule has 28 heavy (non-hydrogen) atoms. The highest BCUT2D eigenvalue weighted by atomic mass is 32.1. The van der Waals surface area contributed by atoms with Crippen LogP contribution in [0.15, 0.2) is 54.7 Å². The third kappa shape index (κ3) is 5.52. The highest BCUT2D eigenvalue weighted by molar-refractivity contribution is 7.15. The van der Waals surface area contributed by atoms with Crippen molar-refractivity contribution in [2.24, 2.45) is 5.92 Å². The van der Waals surface area contributed by atoms with Crippen LogP contribution in [0.25, 0.3) is 0 Å². The molecule has 3 aromatic rings. The van der Waals surface area contributed by atoms with Crippen molar-refractivity contribution in [3.63, 3.8) is 0 Å². The maximum Gasteiger partial charge on any atom is 0.233 e. The molecule has 3 rings (SSSR count). The van der Waals surface area contributed by atoms with Crippen molar-refractivity contribution in [1.29, 1.82) is 0 Å². The minimum atomic E-state index is -0.211. The number of nitrogens with zero attached hydrogens (tertiary/aromatic N) is 1. The summed E-state index contributed by atoms with van der Waals surface area (Å²) in [6, 6.07) is 16.9. The number of amides is 1. The van der Waals surface area contributed by atoms with Crippen LogP contribution in [0.1, 0.15) is 53.8 Å². The van der Waals surface area contributed by atoms with E-state index in [1.54, 1.807) is 0 Å². The third-order valence-corrected chi connectivity index (χ3v) is 5.71. The number of anilines is 1. The molecule has 4 heteroatoms. The fourth-order valence-electron chi connectivity index (χ4n) is 3.13. The van der Waals surface area contributed by atoms with Gasteiger partial charge in [-0.1, -0.05) is 67.9 Å². The second-order valence-electron chi connectivity index (χ2n) is 7.84. The molecule has 0 saturated heterocycles. The van der Waals surface area contributed by atoms with Gasteiger partial charge in [0.1, 0.15) is 0 Å². The van der Waals surface area contributed by atoms with Crippen LogP contribution in [0.5, 0.6) is 0 Å². The molecule has 1 amide bonds. The number of carbonyl (C=O) groups is 1. The first-order valence-electron chi connectivity index (χ1n) is 9.80. The van der Waals surface area contributed by atoms with Gasteiger partial charge in [0, 0.05) is 17.5 Å². The molecule has 0 radical (unpaired) electrons. The quantitative estimate of drug-likeness (QED) is 0.537. The molecular weight excluding hydrogens is 364 g/mol. The standard InChI is InChI=1S/C24H28N2OS/c1-16(2)13-19-9-11-21(12-10-19)18(4)23(27)26-24-25-15-22(28-24)14-20-7-5-17(3)6-8-20/h5-12,15-16,18H,13-14H2,1-4H3,(H,25,26,27)/t18-/m0/s1. The summed E-state index contributed by atoms with van der Waals surface area (Å²) in [5.74, 6) is 0.399. The molecular formula is C24H28N2OS. The number of thiazole rings is 1. The van der Waals surface area contributed by atoms with E-state index in [2.05, 4.69) is 79.6 Å². The van der Waals surface area contributed by atoms with Crippen molar-refractivity contribution in [2.75, 3.05) is 5.32 Å². The van der Waals surface area contributed by atoms with E-state index >= 15 is 0 Å². The molecule has 0 aliphatic heterocycles. The van der Waals surface area contributed by atoms with E-state index in [9.17, 15) is 4.79 Å². The highest BCUT2D eigenvalue weighted by Gasteiger charge is 2.17. The second kappa shape index (κ2) is 9.16. The summed E-state index contributed by atoms with van der Waals surface area (Å²) in [4.78, 5) is 18.2. The Morgan fingerprint density at radius 2 is 1.64 bits per heavy atom. The summed E-state index contributed by atoms with van der Waals surface area (Å²) >= 11 is 1.54. The topological polar surface area (TPSA) is 42.0 Å². The number of rotatable bonds is 7. The summed E-state index contributed by atoms with van der Waals surface area (Å²) in [5.41, 5.74) is 4.85. The third-order valence-electron chi connectivity index (χ3n) is 4.80. The predicted octanol–water partition coefficient (Wildman–Crippen LogP) is 5.98. The summed E-state index contributed by atoms with van der Waals surface area (Å²) in [6.45, 7) is 8.45. The van der Waals surface area contributed by atoms with Crippen LogP contribution in [0.4, 0.5) is 5.13 Å². The Bertz CT molecular complexity index is 911.